The molecular formula is C23H35NO3. The highest BCUT2D eigenvalue weighted by atomic mass is 16.4. The summed E-state index contributed by atoms with van der Waals surface area (Å²) < 4.78 is 5.30. The molecule has 1 heterocycles. The van der Waals surface area contributed by atoms with Crippen LogP contribution in [0.4, 0.5) is 5.69 Å². The number of hydrogen-bond acceptors (Lipinski definition) is 4. The summed E-state index contributed by atoms with van der Waals surface area (Å²) >= 11 is 0. The third kappa shape index (κ3) is 8.17. The number of aliphatic hydroxyl groups excluding tert-OH is 1. The van der Waals surface area contributed by atoms with Crippen molar-refractivity contribution in [2.75, 3.05) is 18.5 Å². The van der Waals surface area contributed by atoms with E-state index in [1.165, 1.54) is 63.9 Å². The van der Waals surface area contributed by atoms with Gasteiger partial charge in [0.1, 0.15) is 5.58 Å². The number of anilines is 1. The highest BCUT2D eigenvalue weighted by Gasteiger charge is 2.03. The van der Waals surface area contributed by atoms with Crippen molar-refractivity contribution in [3.8, 4) is 0 Å². The summed E-state index contributed by atoms with van der Waals surface area (Å²) in [6.45, 7) is 3.22. The highest BCUT2D eigenvalue weighted by Crippen LogP contribution is 2.20. The van der Waals surface area contributed by atoms with Crippen LogP contribution in [-0.4, -0.2) is 18.3 Å². The van der Waals surface area contributed by atoms with Crippen LogP contribution >= 0.6 is 0 Å². The summed E-state index contributed by atoms with van der Waals surface area (Å²) in [5, 5.41) is 13.2. The van der Waals surface area contributed by atoms with Gasteiger partial charge in [-0.2, -0.15) is 0 Å². The van der Waals surface area contributed by atoms with Crippen molar-refractivity contribution in [2.24, 2.45) is 0 Å². The first kappa shape index (κ1) is 21.5. The molecule has 0 aliphatic carbocycles. The zero-order chi connectivity index (χ0) is 19.3. The molecule has 4 heteroatoms. The predicted octanol–water partition coefficient (Wildman–Crippen LogP) is 5.80. The number of aliphatic hydroxyl groups is 1. The first-order valence-corrected chi connectivity index (χ1v) is 10.6. The van der Waals surface area contributed by atoms with Crippen LogP contribution in [0.25, 0.3) is 11.0 Å². The van der Waals surface area contributed by atoms with Crippen molar-refractivity contribution >= 4 is 16.7 Å². The predicted molar refractivity (Wildman–Crippen MR) is 114 cm³/mol. The molecule has 150 valence electrons. The molecule has 0 spiro atoms. The van der Waals surface area contributed by atoms with Crippen molar-refractivity contribution < 1.29 is 9.52 Å². The van der Waals surface area contributed by atoms with Crippen molar-refractivity contribution in [3.63, 3.8) is 0 Å². The van der Waals surface area contributed by atoms with Gasteiger partial charge in [-0.1, -0.05) is 57.8 Å². The Morgan fingerprint density at radius 1 is 0.852 bits per heavy atom. The fourth-order valence-electron chi connectivity index (χ4n) is 3.50. The summed E-state index contributed by atoms with van der Waals surface area (Å²) in [5.74, 6) is 0. The number of unbranched alkanes of at least 4 members (excludes halogenated alkanes) is 10. The Balaban J connectivity index is 1.52. The van der Waals surface area contributed by atoms with Crippen molar-refractivity contribution in [2.45, 2.75) is 77.6 Å². The number of aryl methyl sites for hydroxylation is 1. The number of rotatable bonds is 14. The molecule has 0 saturated carbocycles. The molecule has 2 aromatic rings. The quantitative estimate of drug-likeness (QED) is 0.325. The molecule has 1 aromatic heterocycles. The average Bonchev–Trinajstić information content (AvgIpc) is 2.65. The van der Waals surface area contributed by atoms with Gasteiger partial charge < -0.3 is 14.8 Å². The second-order valence-corrected chi connectivity index (χ2v) is 7.50. The van der Waals surface area contributed by atoms with Crippen LogP contribution in [0, 0.1) is 6.92 Å². The lowest BCUT2D eigenvalue weighted by Gasteiger charge is -2.08. The molecule has 0 aliphatic heterocycles. The molecule has 0 amide bonds. The molecular weight excluding hydrogens is 338 g/mol. The zero-order valence-electron chi connectivity index (χ0n) is 16.8. The number of fused-ring (bicyclic) bond motifs is 1. The number of benzene rings is 1. The Labute approximate surface area is 163 Å². The fraction of sp³-hybridized carbons (Fsp3) is 0.609. The third-order valence-electron chi connectivity index (χ3n) is 5.12. The summed E-state index contributed by atoms with van der Waals surface area (Å²) in [6, 6.07) is 7.52. The van der Waals surface area contributed by atoms with Gasteiger partial charge in [-0.15, -0.1) is 0 Å². The molecule has 2 rings (SSSR count). The Bertz CT molecular complexity index is 723. The van der Waals surface area contributed by atoms with E-state index in [-0.39, 0.29) is 5.63 Å². The smallest absolute Gasteiger partial charge is 0.336 e. The van der Waals surface area contributed by atoms with Gasteiger partial charge in [-0.3, -0.25) is 0 Å². The van der Waals surface area contributed by atoms with E-state index in [9.17, 15) is 4.79 Å². The standard InChI is InChI=1S/C23H35NO3/c1-19-17-23(26)27-22-18-20(13-14-21(19)22)24-15-11-9-7-5-3-2-4-6-8-10-12-16-25/h13-14,17-18,24-25H,2-12,15-16H2,1H3. The van der Waals surface area contributed by atoms with E-state index in [4.69, 9.17) is 9.52 Å². The minimum Gasteiger partial charge on any atom is -0.423 e. The maximum atomic E-state index is 11.5. The minimum absolute atomic E-state index is 0.290. The largest absolute Gasteiger partial charge is 0.423 e. The van der Waals surface area contributed by atoms with E-state index in [1.54, 1.807) is 0 Å². The van der Waals surface area contributed by atoms with Gasteiger partial charge in [0, 0.05) is 36.4 Å². The molecule has 4 nitrogen and oxygen atoms in total. The lowest BCUT2D eigenvalue weighted by atomic mass is 10.1. The van der Waals surface area contributed by atoms with E-state index in [2.05, 4.69) is 11.4 Å². The molecule has 0 fully saturated rings. The lowest BCUT2D eigenvalue weighted by molar-refractivity contribution is 0.282. The van der Waals surface area contributed by atoms with Crippen LogP contribution in [0.1, 0.15) is 76.2 Å². The van der Waals surface area contributed by atoms with E-state index >= 15 is 0 Å². The lowest BCUT2D eigenvalue weighted by Crippen LogP contribution is -2.02. The molecule has 0 saturated heterocycles. The molecule has 0 radical (unpaired) electrons. The van der Waals surface area contributed by atoms with Crippen LogP contribution < -0.4 is 10.9 Å². The van der Waals surface area contributed by atoms with Gasteiger partial charge in [0.25, 0.3) is 0 Å². The Morgan fingerprint density at radius 2 is 1.44 bits per heavy atom. The normalized spacial score (nSPS) is 11.2. The van der Waals surface area contributed by atoms with Gasteiger partial charge in [0.2, 0.25) is 0 Å². The van der Waals surface area contributed by atoms with E-state index in [1.807, 2.05) is 19.1 Å². The maximum Gasteiger partial charge on any atom is 0.336 e. The van der Waals surface area contributed by atoms with Crippen LogP contribution in [0.2, 0.25) is 0 Å². The van der Waals surface area contributed by atoms with Crippen LogP contribution in [0.3, 0.4) is 0 Å². The molecule has 0 atom stereocenters. The average molecular weight is 374 g/mol. The topological polar surface area (TPSA) is 62.5 Å². The van der Waals surface area contributed by atoms with Crippen LogP contribution in [0.5, 0.6) is 0 Å². The molecule has 1 aromatic carbocycles. The second-order valence-electron chi connectivity index (χ2n) is 7.50. The highest BCUT2D eigenvalue weighted by molar-refractivity contribution is 5.83. The molecule has 2 N–H and O–H groups in total. The molecule has 27 heavy (non-hydrogen) atoms. The summed E-state index contributed by atoms with van der Waals surface area (Å²) in [4.78, 5) is 11.5. The van der Waals surface area contributed by atoms with Crippen molar-refractivity contribution in [1.29, 1.82) is 0 Å². The van der Waals surface area contributed by atoms with Crippen molar-refractivity contribution in [1.82, 2.24) is 0 Å². The van der Waals surface area contributed by atoms with Crippen LogP contribution in [-0.2, 0) is 0 Å². The van der Waals surface area contributed by atoms with E-state index < -0.39 is 0 Å². The van der Waals surface area contributed by atoms with Crippen molar-refractivity contribution in [3.05, 3.63) is 40.2 Å². The maximum absolute atomic E-state index is 11.5. The number of nitrogens with one attached hydrogen (secondary N) is 1. The molecule has 0 bridgehead atoms. The second kappa shape index (κ2) is 12.6. The third-order valence-corrected chi connectivity index (χ3v) is 5.12. The Kier molecular flexibility index (Phi) is 9.99. The molecule has 0 aliphatic rings. The fourth-order valence-corrected chi connectivity index (χ4v) is 3.50. The zero-order valence-corrected chi connectivity index (χ0v) is 16.8. The van der Waals surface area contributed by atoms with Gasteiger partial charge in [0.15, 0.2) is 0 Å². The molecule has 0 unspecified atom stereocenters. The summed E-state index contributed by atoms with van der Waals surface area (Å²) in [5.41, 5.74) is 2.33. The monoisotopic (exact) mass is 373 g/mol. The first-order valence-electron chi connectivity index (χ1n) is 10.6. The Morgan fingerprint density at radius 3 is 2.07 bits per heavy atom. The number of hydrogen-bond donors (Lipinski definition) is 2. The SMILES string of the molecule is Cc1cc(=O)oc2cc(NCCCCCCCCCCCCCO)ccc12. The first-order chi connectivity index (χ1) is 13.2. The van der Waals surface area contributed by atoms with E-state index in [0.29, 0.717) is 12.2 Å². The summed E-state index contributed by atoms with van der Waals surface area (Å²) in [6.07, 6.45) is 13.8. The van der Waals surface area contributed by atoms with Crippen LogP contribution in [0.15, 0.2) is 33.5 Å². The van der Waals surface area contributed by atoms with Gasteiger partial charge in [-0.05, 0) is 37.5 Å². The van der Waals surface area contributed by atoms with Gasteiger partial charge >= 0.3 is 5.63 Å². The van der Waals surface area contributed by atoms with Gasteiger partial charge in [-0.25, -0.2) is 4.79 Å². The van der Waals surface area contributed by atoms with E-state index in [0.717, 1.165) is 36.0 Å². The van der Waals surface area contributed by atoms with Gasteiger partial charge in [0.05, 0.1) is 0 Å². The Hall–Kier alpha value is -1.81. The summed E-state index contributed by atoms with van der Waals surface area (Å²) in [7, 11) is 0. The minimum atomic E-state index is -0.290.